The summed E-state index contributed by atoms with van der Waals surface area (Å²) >= 11 is 12.0. The van der Waals surface area contributed by atoms with Gasteiger partial charge in [0.05, 0.1) is 11.8 Å². The van der Waals surface area contributed by atoms with Gasteiger partial charge in [0.15, 0.2) is 5.82 Å². The molecule has 0 amide bonds. The van der Waals surface area contributed by atoms with Gasteiger partial charge in [0.25, 0.3) is 0 Å². The lowest BCUT2D eigenvalue weighted by molar-refractivity contribution is 0.477. The molecule has 0 fully saturated rings. The van der Waals surface area contributed by atoms with Gasteiger partial charge in [-0.2, -0.15) is 0 Å². The standard InChI is InChI=1S/C14H16Cl2N4O/c1-2-9(17)6-18-14-11(16)7-19-13(20-14)10-5-8(15)3-4-12(10)21/h3-5,7,9,21H,2,6,17H2,1H3,(H,18,19,20). The quantitative estimate of drug-likeness (QED) is 0.785. The van der Waals surface area contributed by atoms with Crippen LogP contribution in [0, 0.1) is 0 Å². The maximum absolute atomic E-state index is 9.89. The molecule has 0 bridgehead atoms. The summed E-state index contributed by atoms with van der Waals surface area (Å²) in [6.07, 6.45) is 2.32. The number of phenols is 1. The first-order chi connectivity index (χ1) is 10.0. The van der Waals surface area contributed by atoms with Crippen LogP contribution in [0.1, 0.15) is 13.3 Å². The lowest BCUT2D eigenvalue weighted by Crippen LogP contribution is -2.28. The van der Waals surface area contributed by atoms with Gasteiger partial charge >= 0.3 is 0 Å². The maximum atomic E-state index is 9.89. The first kappa shape index (κ1) is 15.8. The number of aromatic hydroxyl groups is 1. The molecule has 2 rings (SSSR count). The van der Waals surface area contributed by atoms with Gasteiger partial charge in [-0.3, -0.25) is 0 Å². The largest absolute Gasteiger partial charge is 0.507 e. The molecule has 1 aromatic carbocycles. The summed E-state index contributed by atoms with van der Waals surface area (Å²) in [6.45, 7) is 2.55. The lowest BCUT2D eigenvalue weighted by Gasteiger charge is -2.13. The van der Waals surface area contributed by atoms with Crippen LogP contribution >= 0.6 is 23.2 Å². The van der Waals surface area contributed by atoms with Crippen LogP contribution in [0.3, 0.4) is 0 Å². The molecule has 21 heavy (non-hydrogen) atoms. The highest BCUT2D eigenvalue weighted by molar-refractivity contribution is 6.32. The zero-order valence-corrected chi connectivity index (χ0v) is 13.0. The Morgan fingerprint density at radius 3 is 2.86 bits per heavy atom. The smallest absolute Gasteiger partial charge is 0.165 e. The van der Waals surface area contributed by atoms with Crippen molar-refractivity contribution in [1.29, 1.82) is 0 Å². The minimum absolute atomic E-state index is 0.0130. The third-order valence-corrected chi connectivity index (χ3v) is 3.51. The Bertz CT molecular complexity index is 636. The van der Waals surface area contributed by atoms with Crippen LogP contribution in [0.25, 0.3) is 11.4 Å². The van der Waals surface area contributed by atoms with E-state index in [9.17, 15) is 5.11 Å². The Hall–Kier alpha value is -1.56. The molecule has 0 saturated heterocycles. The van der Waals surface area contributed by atoms with E-state index < -0.39 is 0 Å². The van der Waals surface area contributed by atoms with Gasteiger partial charge in [-0.15, -0.1) is 0 Å². The number of nitrogens with one attached hydrogen (secondary N) is 1. The van der Waals surface area contributed by atoms with Crippen molar-refractivity contribution >= 4 is 29.0 Å². The Balaban J connectivity index is 2.31. The van der Waals surface area contributed by atoms with E-state index in [0.717, 1.165) is 6.42 Å². The maximum Gasteiger partial charge on any atom is 0.165 e. The second kappa shape index (κ2) is 6.93. The van der Waals surface area contributed by atoms with Crippen molar-refractivity contribution in [1.82, 2.24) is 9.97 Å². The number of nitrogens with two attached hydrogens (primary N) is 1. The molecule has 1 heterocycles. The van der Waals surface area contributed by atoms with Gasteiger partial charge in [0.1, 0.15) is 16.6 Å². The minimum Gasteiger partial charge on any atom is -0.507 e. The molecule has 0 aliphatic heterocycles. The van der Waals surface area contributed by atoms with Crippen LogP contribution in [-0.2, 0) is 0 Å². The number of anilines is 1. The number of nitrogens with zero attached hydrogens (tertiary/aromatic N) is 2. The van der Waals surface area contributed by atoms with Crippen molar-refractivity contribution in [3.63, 3.8) is 0 Å². The second-order valence-corrected chi connectivity index (χ2v) is 5.44. The molecule has 4 N–H and O–H groups in total. The molecule has 1 atom stereocenters. The van der Waals surface area contributed by atoms with E-state index in [-0.39, 0.29) is 11.8 Å². The summed E-state index contributed by atoms with van der Waals surface area (Å²) < 4.78 is 0. The fourth-order valence-corrected chi connectivity index (χ4v) is 2.01. The van der Waals surface area contributed by atoms with Gasteiger partial charge in [-0.05, 0) is 24.6 Å². The van der Waals surface area contributed by atoms with Gasteiger partial charge < -0.3 is 16.2 Å². The topological polar surface area (TPSA) is 84.1 Å². The van der Waals surface area contributed by atoms with Gasteiger partial charge in [-0.1, -0.05) is 30.1 Å². The number of rotatable bonds is 5. The molecule has 0 radical (unpaired) electrons. The fraction of sp³-hybridized carbons (Fsp3) is 0.286. The summed E-state index contributed by atoms with van der Waals surface area (Å²) in [5.41, 5.74) is 6.30. The minimum atomic E-state index is 0.0130. The molecule has 0 aliphatic carbocycles. The molecule has 1 aromatic heterocycles. The molecule has 112 valence electrons. The number of hydrogen-bond donors (Lipinski definition) is 3. The zero-order valence-electron chi connectivity index (χ0n) is 11.5. The van der Waals surface area contributed by atoms with Crippen molar-refractivity contribution in [3.05, 3.63) is 34.4 Å². The SMILES string of the molecule is CCC(N)CNc1nc(-c2cc(Cl)ccc2O)ncc1Cl. The molecular weight excluding hydrogens is 311 g/mol. The lowest BCUT2D eigenvalue weighted by atomic mass is 10.2. The van der Waals surface area contributed by atoms with E-state index in [1.54, 1.807) is 12.1 Å². The molecule has 7 heteroatoms. The molecule has 0 spiro atoms. The molecular formula is C14H16Cl2N4O. The number of benzene rings is 1. The van der Waals surface area contributed by atoms with Crippen molar-refractivity contribution < 1.29 is 5.11 Å². The van der Waals surface area contributed by atoms with Crippen LogP contribution in [-0.4, -0.2) is 27.7 Å². The highest BCUT2D eigenvalue weighted by atomic mass is 35.5. The Morgan fingerprint density at radius 1 is 1.38 bits per heavy atom. The van der Waals surface area contributed by atoms with Crippen molar-refractivity contribution in [2.75, 3.05) is 11.9 Å². The Labute approximate surface area is 133 Å². The molecule has 1 unspecified atom stereocenters. The normalized spacial score (nSPS) is 12.2. The first-order valence-electron chi connectivity index (χ1n) is 6.52. The molecule has 0 saturated carbocycles. The van der Waals surface area contributed by atoms with Gasteiger partial charge in [-0.25, -0.2) is 9.97 Å². The van der Waals surface area contributed by atoms with Gasteiger partial charge in [0, 0.05) is 17.6 Å². The van der Waals surface area contributed by atoms with Crippen molar-refractivity contribution in [3.8, 4) is 17.1 Å². The summed E-state index contributed by atoms with van der Waals surface area (Å²) in [4.78, 5) is 8.45. The summed E-state index contributed by atoms with van der Waals surface area (Å²) in [6, 6.07) is 4.70. The Kier molecular flexibility index (Phi) is 5.22. The average Bonchev–Trinajstić information content (AvgIpc) is 2.48. The van der Waals surface area contributed by atoms with E-state index in [1.807, 2.05) is 6.92 Å². The van der Waals surface area contributed by atoms with Crippen molar-refractivity contribution in [2.45, 2.75) is 19.4 Å². The average molecular weight is 327 g/mol. The highest BCUT2D eigenvalue weighted by Crippen LogP contribution is 2.31. The second-order valence-electron chi connectivity index (χ2n) is 4.60. The summed E-state index contributed by atoms with van der Waals surface area (Å²) in [5, 5.41) is 13.9. The van der Waals surface area contributed by atoms with Crippen molar-refractivity contribution in [2.24, 2.45) is 5.73 Å². The fourth-order valence-electron chi connectivity index (χ4n) is 1.68. The van der Waals surface area contributed by atoms with Crippen LogP contribution in [0.15, 0.2) is 24.4 Å². The van der Waals surface area contributed by atoms with E-state index in [4.69, 9.17) is 28.9 Å². The zero-order chi connectivity index (χ0) is 15.4. The van der Waals surface area contributed by atoms with Crippen LogP contribution in [0.4, 0.5) is 5.82 Å². The third kappa shape index (κ3) is 3.97. The first-order valence-corrected chi connectivity index (χ1v) is 7.27. The number of hydrogen-bond acceptors (Lipinski definition) is 5. The van der Waals surface area contributed by atoms with Crippen LogP contribution in [0.5, 0.6) is 5.75 Å². The third-order valence-electron chi connectivity index (χ3n) is 3.00. The summed E-state index contributed by atoms with van der Waals surface area (Å²) in [5.74, 6) is 0.870. The predicted molar refractivity (Wildman–Crippen MR) is 85.9 cm³/mol. The Morgan fingerprint density at radius 2 is 2.14 bits per heavy atom. The monoisotopic (exact) mass is 326 g/mol. The number of aromatic nitrogens is 2. The van der Waals surface area contributed by atoms with E-state index in [2.05, 4.69) is 15.3 Å². The number of halogens is 2. The van der Waals surface area contributed by atoms with E-state index in [1.165, 1.54) is 12.3 Å². The van der Waals surface area contributed by atoms with E-state index >= 15 is 0 Å². The van der Waals surface area contributed by atoms with Crippen LogP contribution in [0.2, 0.25) is 10.0 Å². The van der Waals surface area contributed by atoms with Crippen LogP contribution < -0.4 is 11.1 Å². The highest BCUT2D eigenvalue weighted by Gasteiger charge is 2.12. The van der Waals surface area contributed by atoms with Gasteiger partial charge in [0.2, 0.25) is 0 Å². The molecule has 5 nitrogen and oxygen atoms in total. The molecule has 2 aromatic rings. The summed E-state index contributed by atoms with van der Waals surface area (Å²) in [7, 11) is 0. The molecule has 0 aliphatic rings. The number of phenolic OH excluding ortho intramolecular Hbond substituents is 1. The predicted octanol–water partition coefficient (Wildman–Crippen LogP) is 3.31. The van der Waals surface area contributed by atoms with E-state index in [0.29, 0.717) is 33.8 Å².